The molecule has 1 atom stereocenters. The van der Waals surface area contributed by atoms with Crippen LogP contribution in [0.15, 0.2) is 0 Å². The first-order valence-electron chi connectivity index (χ1n) is 4.98. The molecule has 0 bridgehead atoms. The van der Waals surface area contributed by atoms with Crippen molar-refractivity contribution in [1.29, 1.82) is 0 Å². The van der Waals surface area contributed by atoms with E-state index in [0.29, 0.717) is 6.04 Å². The fourth-order valence-corrected chi connectivity index (χ4v) is 2.88. The van der Waals surface area contributed by atoms with Crippen LogP contribution in [0.1, 0.15) is 25.7 Å². The number of hydrogen-bond acceptors (Lipinski definition) is 3. The maximum absolute atomic E-state index is 11.6. The zero-order valence-corrected chi connectivity index (χ0v) is 9.76. The Morgan fingerprint density at radius 3 is 2.64 bits per heavy atom. The van der Waals surface area contributed by atoms with Gasteiger partial charge in [0.05, 0.1) is 6.04 Å². The fourth-order valence-electron chi connectivity index (χ4n) is 1.94. The van der Waals surface area contributed by atoms with E-state index in [1.54, 1.807) is 11.8 Å². The number of halogens is 1. The van der Waals surface area contributed by atoms with Crippen LogP contribution in [0.5, 0.6) is 0 Å². The lowest BCUT2D eigenvalue weighted by Crippen LogP contribution is -2.45. The molecule has 2 N–H and O–H groups in total. The molecule has 0 radical (unpaired) electrons. The second kappa shape index (κ2) is 5.83. The Morgan fingerprint density at radius 1 is 1.36 bits per heavy atom. The van der Waals surface area contributed by atoms with Crippen LogP contribution in [0.2, 0.25) is 0 Å². The van der Waals surface area contributed by atoms with E-state index in [0.717, 1.165) is 11.6 Å². The molecule has 1 saturated carbocycles. The molecule has 1 heterocycles. The van der Waals surface area contributed by atoms with Gasteiger partial charge in [-0.25, -0.2) is 0 Å². The quantitative estimate of drug-likeness (QED) is 0.755. The Bertz CT molecular complexity index is 191. The van der Waals surface area contributed by atoms with Gasteiger partial charge in [-0.3, -0.25) is 10.1 Å². The average molecular weight is 237 g/mol. The van der Waals surface area contributed by atoms with Crippen molar-refractivity contribution >= 4 is 30.1 Å². The van der Waals surface area contributed by atoms with Gasteiger partial charge < -0.3 is 5.32 Å². The van der Waals surface area contributed by atoms with Gasteiger partial charge >= 0.3 is 0 Å². The molecular weight excluding hydrogens is 220 g/mol. The van der Waals surface area contributed by atoms with Gasteiger partial charge in [0.15, 0.2) is 0 Å². The number of carbonyl (C=O) groups excluding carboxylic acids is 1. The van der Waals surface area contributed by atoms with Crippen molar-refractivity contribution in [3.05, 3.63) is 0 Å². The normalized spacial score (nSPS) is 27.3. The zero-order valence-electron chi connectivity index (χ0n) is 8.12. The van der Waals surface area contributed by atoms with Crippen molar-refractivity contribution in [2.45, 2.75) is 37.8 Å². The summed E-state index contributed by atoms with van der Waals surface area (Å²) in [6.07, 6.45) is 4.90. The van der Waals surface area contributed by atoms with Crippen molar-refractivity contribution in [3.8, 4) is 0 Å². The molecule has 1 amide bonds. The molecule has 3 nitrogen and oxygen atoms in total. The van der Waals surface area contributed by atoms with Crippen LogP contribution >= 0.6 is 24.2 Å². The summed E-state index contributed by atoms with van der Waals surface area (Å²) in [5, 5.41) is 6.29. The maximum Gasteiger partial charge on any atom is 0.238 e. The van der Waals surface area contributed by atoms with Gasteiger partial charge in [-0.15, -0.1) is 24.2 Å². The Balaban J connectivity index is 0.000000980. The number of rotatable bonds is 2. The predicted octanol–water partition coefficient (Wildman–Crippen LogP) is 1.13. The molecular formula is C9H17ClN2OS. The van der Waals surface area contributed by atoms with Crippen LogP contribution in [0.3, 0.4) is 0 Å². The minimum absolute atomic E-state index is 0. The molecule has 1 aliphatic heterocycles. The van der Waals surface area contributed by atoms with E-state index in [-0.39, 0.29) is 24.4 Å². The third-order valence-corrected chi connectivity index (χ3v) is 3.67. The predicted molar refractivity (Wildman–Crippen MR) is 61.9 cm³/mol. The molecule has 1 unspecified atom stereocenters. The molecule has 1 saturated heterocycles. The van der Waals surface area contributed by atoms with Gasteiger partial charge in [0.1, 0.15) is 0 Å². The second-order valence-electron chi connectivity index (χ2n) is 3.76. The molecule has 2 aliphatic rings. The van der Waals surface area contributed by atoms with Crippen molar-refractivity contribution in [2.24, 2.45) is 0 Å². The van der Waals surface area contributed by atoms with Gasteiger partial charge in [-0.1, -0.05) is 12.8 Å². The summed E-state index contributed by atoms with van der Waals surface area (Å²) in [6, 6.07) is 0.519. The largest absolute Gasteiger partial charge is 0.352 e. The van der Waals surface area contributed by atoms with Gasteiger partial charge in [0, 0.05) is 17.7 Å². The Kier molecular flexibility index (Phi) is 5.06. The highest BCUT2D eigenvalue weighted by atomic mass is 35.5. The molecule has 2 rings (SSSR count). The van der Waals surface area contributed by atoms with Crippen molar-refractivity contribution in [1.82, 2.24) is 10.6 Å². The summed E-state index contributed by atoms with van der Waals surface area (Å²) >= 11 is 1.80. The Morgan fingerprint density at radius 2 is 2.07 bits per heavy atom. The van der Waals surface area contributed by atoms with Crippen LogP contribution in [0.4, 0.5) is 0 Å². The van der Waals surface area contributed by atoms with Gasteiger partial charge in [-0.05, 0) is 12.8 Å². The molecule has 14 heavy (non-hydrogen) atoms. The van der Waals surface area contributed by atoms with Gasteiger partial charge in [0.25, 0.3) is 0 Å². The van der Waals surface area contributed by atoms with Crippen molar-refractivity contribution in [2.75, 3.05) is 11.6 Å². The standard InChI is InChI=1S/C9H16N2OS.ClH/c12-9(8-5-13-6-10-8)11-7-3-1-2-4-7;/h7-8,10H,1-6H2,(H,11,12);1H. The van der Waals surface area contributed by atoms with Crippen LogP contribution in [-0.2, 0) is 4.79 Å². The monoisotopic (exact) mass is 236 g/mol. The van der Waals surface area contributed by atoms with Crippen molar-refractivity contribution < 1.29 is 4.79 Å². The minimum atomic E-state index is 0. The number of hydrogen-bond donors (Lipinski definition) is 2. The lowest BCUT2D eigenvalue weighted by Gasteiger charge is -2.15. The highest BCUT2D eigenvalue weighted by Gasteiger charge is 2.25. The summed E-state index contributed by atoms with van der Waals surface area (Å²) in [6.45, 7) is 0. The van der Waals surface area contributed by atoms with E-state index in [2.05, 4.69) is 10.6 Å². The molecule has 0 aromatic heterocycles. The van der Waals surface area contributed by atoms with Gasteiger partial charge in [-0.2, -0.15) is 0 Å². The molecule has 0 spiro atoms. The summed E-state index contributed by atoms with van der Waals surface area (Å²) in [7, 11) is 0. The van der Waals surface area contributed by atoms with E-state index in [1.807, 2.05) is 0 Å². The van der Waals surface area contributed by atoms with Crippen LogP contribution in [0.25, 0.3) is 0 Å². The highest BCUT2D eigenvalue weighted by molar-refractivity contribution is 7.99. The summed E-state index contributed by atoms with van der Waals surface area (Å²) in [5.41, 5.74) is 0. The fraction of sp³-hybridized carbons (Fsp3) is 0.889. The van der Waals surface area contributed by atoms with Crippen LogP contribution < -0.4 is 10.6 Å². The number of nitrogens with one attached hydrogen (secondary N) is 2. The SMILES string of the molecule is Cl.O=C(NC1CCCC1)C1CSCN1. The Labute approximate surface area is 95.2 Å². The number of thioether (sulfide) groups is 1. The van der Waals surface area contributed by atoms with Crippen LogP contribution in [-0.4, -0.2) is 29.6 Å². The summed E-state index contributed by atoms with van der Waals surface area (Å²) in [4.78, 5) is 11.6. The lowest BCUT2D eigenvalue weighted by atomic mass is 10.2. The molecule has 1 aliphatic carbocycles. The smallest absolute Gasteiger partial charge is 0.238 e. The van der Waals surface area contributed by atoms with Crippen LogP contribution in [0, 0.1) is 0 Å². The minimum Gasteiger partial charge on any atom is -0.352 e. The molecule has 5 heteroatoms. The number of amides is 1. The first kappa shape index (κ1) is 12.1. The first-order valence-corrected chi connectivity index (χ1v) is 6.13. The van der Waals surface area contributed by atoms with E-state index in [4.69, 9.17) is 0 Å². The topological polar surface area (TPSA) is 41.1 Å². The van der Waals surface area contributed by atoms with E-state index < -0.39 is 0 Å². The zero-order chi connectivity index (χ0) is 9.10. The Hall–Kier alpha value is 0.0700. The molecule has 82 valence electrons. The van der Waals surface area contributed by atoms with E-state index >= 15 is 0 Å². The van der Waals surface area contributed by atoms with Crippen molar-refractivity contribution in [3.63, 3.8) is 0 Å². The molecule has 0 aromatic rings. The molecule has 2 fully saturated rings. The summed E-state index contributed by atoms with van der Waals surface area (Å²) in [5.74, 6) is 2.05. The highest BCUT2D eigenvalue weighted by Crippen LogP contribution is 2.18. The van der Waals surface area contributed by atoms with E-state index in [1.165, 1.54) is 25.7 Å². The third kappa shape index (κ3) is 3.04. The third-order valence-electron chi connectivity index (χ3n) is 2.73. The maximum atomic E-state index is 11.6. The first-order chi connectivity index (χ1) is 6.36. The average Bonchev–Trinajstić information content (AvgIpc) is 2.74. The summed E-state index contributed by atoms with van der Waals surface area (Å²) < 4.78 is 0. The number of carbonyl (C=O) groups is 1. The lowest BCUT2D eigenvalue weighted by molar-refractivity contribution is -0.123. The second-order valence-corrected chi connectivity index (χ2v) is 4.79. The van der Waals surface area contributed by atoms with Gasteiger partial charge in [0.2, 0.25) is 5.91 Å². The van der Waals surface area contributed by atoms with E-state index in [9.17, 15) is 4.79 Å². The molecule has 0 aromatic carbocycles.